The third-order valence-electron chi connectivity index (χ3n) is 1.94. The number of hydrogen-bond donors (Lipinski definition) is 2. The van der Waals surface area contributed by atoms with Crippen LogP contribution in [0.25, 0.3) is 0 Å². The van der Waals surface area contributed by atoms with E-state index in [1.165, 1.54) is 0 Å². The Labute approximate surface area is 87.1 Å². The number of nitrogens with one attached hydrogen (secondary N) is 1. The van der Waals surface area contributed by atoms with Gasteiger partial charge in [-0.15, -0.1) is 5.10 Å². The predicted molar refractivity (Wildman–Crippen MR) is 57.5 cm³/mol. The number of nitrogens with zero attached hydrogens (tertiary/aromatic N) is 2. The van der Waals surface area contributed by atoms with Crippen LogP contribution in [0, 0.1) is 5.92 Å². The Bertz CT molecular complexity index is 332. The van der Waals surface area contributed by atoms with Crippen molar-refractivity contribution in [1.82, 2.24) is 14.8 Å². The molecule has 1 heterocycles. The van der Waals surface area contributed by atoms with E-state index in [1.54, 1.807) is 16.3 Å². The first kappa shape index (κ1) is 11.3. The standard InChI is InChI=1S/C8H16N4OS/c1-3-12-7(13)10-11-8(12)14-5-6(2)4-9/h6H,3-5,9H2,1-2H3,(H,10,13). The van der Waals surface area contributed by atoms with Crippen LogP contribution in [-0.2, 0) is 6.54 Å². The monoisotopic (exact) mass is 216 g/mol. The lowest BCUT2D eigenvalue weighted by atomic mass is 10.2. The minimum absolute atomic E-state index is 0.143. The zero-order valence-corrected chi connectivity index (χ0v) is 9.30. The fraction of sp³-hybridized carbons (Fsp3) is 0.750. The van der Waals surface area contributed by atoms with Gasteiger partial charge in [-0.05, 0) is 19.4 Å². The number of thioether (sulfide) groups is 1. The highest BCUT2D eigenvalue weighted by Crippen LogP contribution is 2.16. The van der Waals surface area contributed by atoms with Crippen LogP contribution in [-0.4, -0.2) is 27.1 Å². The average molecular weight is 216 g/mol. The Balaban J connectivity index is 2.62. The molecular formula is C8H16N4OS. The lowest BCUT2D eigenvalue weighted by Gasteiger charge is -2.06. The largest absolute Gasteiger partial charge is 0.343 e. The van der Waals surface area contributed by atoms with Gasteiger partial charge in [-0.25, -0.2) is 9.89 Å². The predicted octanol–water partition coefficient (Wildman–Crippen LogP) is 0.278. The molecule has 0 saturated heterocycles. The van der Waals surface area contributed by atoms with Crippen LogP contribution in [0.15, 0.2) is 9.95 Å². The van der Waals surface area contributed by atoms with E-state index in [-0.39, 0.29) is 5.69 Å². The number of nitrogens with two attached hydrogens (primary N) is 1. The molecule has 0 saturated carbocycles. The number of aromatic nitrogens is 3. The summed E-state index contributed by atoms with van der Waals surface area (Å²) in [4.78, 5) is 11.2. The number of aromatic amines is 1. The summed E-state index contributed by atoms with van der Waals surface area (Å²) in [7, 11) is 0. The first-order valence-corrected chi connectivity index (χ1v) is 5.65. The first-order valence-electron chi connectivity index (χ1n) is 4.67. The molecule has 0 aliphatic rings. The van der Waals surface area contributed by atoms with Crippen LogP contribution in [0.4, 0.5) is 0 Å². The van der Waals surface area contributed by atoms with Crippen molar-refractivity contribution in [2.75, 3.05) is 12.3 Å². The highest BCUT2D eigenvalue weighted by atomic mass is 32.2. The SMILES string of the molecule is CCn1c(SCC(C)CN)n[nH]c1=O. The smallest absolute Gasteiger partial charge is 0.330 e. The minimum Gasteiger partial charge on any atom is -0.330 e. The van der Waals surface area contributed by atoms with Gasteiger partial charge in [-0.1, -0.05) is 18.7 Å². The highest BCUT2D eigenvalue weighted by molar-refractivity contribution is 7.99. The zero-order chi connectivity index (χ0) is 10.6. The molecule has 0 aliphatic heterocycles. The van der Waals surface area contributed by atoms with Gasteiger partial charge in [0.15, 0.2) is 5.16 Å². The lowest BCUT2D eigenvalue weighted by molar-refractivity contribution is 0.649. The number of hydrogen-bond acceptors (Lipinski definition) is 4. The van der Waals surface area contributed by atoms with Crippen LogP contribution in [0.5, 0.6) is 0 Å². The lowest BCUT2D eigenvalue weighted by Crippen LogP contribution is -2.17. The molecule has 1 atom stereocenters. The van der Waals surface area contributed by atoms with Crippen molar-refractivity contribution in [3.8, 4) is 0 Å². The third kappa shape index (κ3) is 2.62. The van der Waals surface area contributed by atoms with Crippen LogP contribution in [0.3, 0.4) is 0 Å². The maximum atomic E-state index is 11.2. The van der Waals surface area contributed by atoms with Crippen molar-refractivity contribution in [2.24, 2.45) is 11.7 Å². The molecule has 0 bridgehead atoms. The van der Waals surface area contributed by atoms with E-state index >= 15 is 0 Å². The van der Waals surface area contributed by atoms with E-state index in [0.717, 1.165) is 10.9 Å². The fourth-order valence-corrected chi connectivity index (χ4v) is 2.02. The van der Waals surface area contributed by atoms with Gasteiger partial charge in [-0.2, -0.15) is 0 Å². The van der Waals surface area contributed by atoms with Crippen molar-refractivity contribution in [1.29, 1.82) is 0 Å². The van der Waals surface area contributed by atoms with Gasteiger partial charge in [0, 0.05) is 12.3 Å². The Morgan fingerprint density at radius 2 is 2.43 bits per heavy atom. The maximum Gasteiger partial charge on any atom is 0.343 e. The van der Waals surface area contributed by atoms with Gasteiger partial charge < -0.3 is 5.73 Å². The van der Waals surface area contributed by atoms with Crippen molar-refractivity contribution in [3.05, 3.63) is 10.5 Å². The van der Waals surface area contributed by atoms with Crippen molar-refractivity contribution in [3.63, 3.8) is 0 Å². The second-order valence-electron chi connectivity index (χ2n) is 3.21. The second kappa shape index (κ2) is 5.21. The molecule has 1 rings (SSSR count). The first-order chi connectivity index (χ1) is 6.69. The summed E-state index contributed by atoms with van der Waals surface area (Å²) in [6.45, 7) is 5.31. The molecule has 14 heavy (non-hydrogen) atoms. The molecule has 6 heteroatoms. The number of H-pyrrole nitrogens is 1. The Morgan fingerprint density at radius 1 is 1.71 bits per heavy atom. The molecule has 0 fully saturated rings. The van der Waals surface area contributed by atoms with Gasteiger partial charge in [-0.3, -0.25) is 4.57 Å². The molecule has 0 radical (unpaired) electrons. The maximum absolute atomic E-state index is 11.2. The Morgan fingerprint density at radius 3 is 3.00 bits per heavy atom. The summed E-state index contributed by atoms with van der Waals surface area (Å²) in [6, 6.07) is 0. The molecule has 1 aromatic rings. The van der Waals surface area contributed by atoms with Crippen LogP contribution in [0.2, 0.25) is 0 Å². The van der Waals surface area contributed by atoms with Crippen LogP contribution in [0.1, 0.15) is 13.8 Å². The van der Waals surface area contributed by atoms with E-state index in [4.69, 9.17) is 5.73 Å². The van der Waals surface area contributed by atoms with E-state index < -0.39 is 0 Å². The molecule has 0 aromatic carbocycles. The summed E-state index contributed by atoms with van der Waals surface area (Å²) in [6.07, 6.45) is 0. The molecule has 0 aliphatic carbocycles. The van der Waals surface area contributed by atoms with Gasteiger partial charge in [0.25, 0.3) is 0 Å². The van der Waals surface area contributed by atoms with Crippen molar-refractivity contribution in [2.45, 2.75) is 25.5 Å². The van der Waals surface area contributed by atoms with Crippen molar-refractivity contribution >= 4 is 11.8 Å². The summed E-state index contributed by atoms with van der Waals surface area (Å²) in [5.41, 5.74) is 5.36. The second-order valence-corrected chi connectivity index (χ2v) is 4.19. The summed E-state index contributed by atoms with van der Waals surface area (Å²) < 4.78 is 1.62. The summed E-state index contributed by atoms with van der Waals surface area (Å²) in [5, 5.41) is 7.12. The van der Waals surface area contributed by atoms with Crippen LogP contribution < -0.4 is 11.4 Å². The van der Waals surface area contributed by atoms with Crippen LogP contribution >= 0.6 is 11.8 Å². The molecule has 1 unspecified atom stereocenters. The van der Waals surface area contributed by atoms with Gasteiger partial charge in [0.05, 0.1) is 0 Å². The topological polar surface area (TPSA) is 76.7 Å². The summed E-state index contributed by atoms with van der Waals surface area (Å²) >= 11 is 1.57. The highest BCUT2D eigenvalue weighted by Gasteiger charge is 2.08. The fourth-order valence-electron chi connectivity index (χ4n) is 0.977. The van der Waals surface area contributed by atoms with Gasteiger partial charge in [0.1, 0.15) is 0 Å². The molecule has 0 amide bonds. The molecular weight excluding hydrogens is 200 g/mol. The quantitative estimate of drug-likeness (QED) is 0.693. The number of rotatable bonds is 5. The molecule has 5 nitrogen and oxygen atoms in total. The van der Waals surface area contributed by atoms with Gasteiger partial charge in [0.2, 0.25) is 0 Å². The molecule has 0 spiro atoms. The Kier molecular flexibility index (Phi) is 4.21. The zero-order valence-electron chi connectivity index (χ0n) is 8.49. The van der Waals surface area contributed by atoms with E-state index in [1.807, 2.05) is 6.92 Å². The normalized spacial score (nSPS) is 13.1. The van der Waals surface area contributed by atoms with Crippen molar-refractivity contribution < 1.29 is 0 Å². The molecule has 80 valence electrons. The Hall–Kier alpha value is -0.750. The molecule has 1 aromatic heterocycles. The van der Waals surface area contributed by atoms with Gasteiger partial charge >= 0.3 is 5.69 Å². The minimum atomic E-state index is -0.143. The molecule has 3 N–H and O–H groups in total. The average Bonchev–Trinajstić information content (AvgIpc) is 2.55. The summed E-state index contributed by atoms with van der Waals surface area (Å²) in [5.74, 6) is 1.33. The van der Waals surface area contributed by atoms with E-state index in [9.17, 15) is 4.79 Å². The third-order valence-corrected chi connectivity index (χ3v) is 3.24. The van der Waals surface area contributed by atoms with E-state index in [2.05, 4.69) is 17.1 Å². The van der Waals surface area contributed by atoms with E-state index in [0.29, 0.717) is 19.0 Å².